The van der Waals surface area contributed by atoms with Crippen molar-refractivity contribution in [2.75, 3.05) is 19.8 Å². The second-order valence-corrected chi connectivity index (χ2v) is 5.86. The monoisotopic (exact) mass is 269 g/mol. The predicted molar refractivity (Wildman–Crippen MR) is 74.5 cm³/mol. The molecule has 3 N–H and O–H groups in total. The van der Waals surface area contributed by atoms with Crippen molar-refractivity contribution in [3.8, 4) is 0 Å². The van der Waals surface area contributed by atoms with E-state index < -0.39 is 5.41 Å². The normalized spacial score (nSPS) is 15.3. The molecule has 1 unspecified atom stereocenters. The third kappa shape index (κ3) is 4.56. The number of aliphatic hydroxyl groups excluding tert-OH is 1. The van der Waals surface area contributed by atoms with Crippen LogP contribution in [0.3, 0.4) is 0 Å². The van der Waals surface area contributed by atoms with Gasteiger partial charge in [-0.15, -0.1) is 0 Å². The molecule has 108 valence electrons. The summed E-state index contributed by atoms with van der Waals surface area (Å²) >= 11 is 0. The van der Waals surface area contributed by atoms with Crippen molar-refractivity contribution >= 4 is 0 Å². The molecule has 0 aliphatic carbocycles. The fourth-order valence-electron chi connectivity index (χ4n) is 1.97. The Morgan fingerprint density at radius 3 is 2.47 bits per heavy atom. The molecule has 4 heteroatoms. The lowest BCUT2D eigenvalue weighted by Gasteiger charge is -2.32. The van der Waals surface area contributed by atoms with Gasteiger partial charge in [0.05, 0.1) is 12.2 Å². The second kappa shape index (κ2) is 6.46. The van der Waals surface area contributed by atoms with E-state index in [9.17, 15) is 9.50 Å². The molecule has 0 bridgehead atoms. The SMILES string of the molecule is CC(C)(C)OCCC(CN)(CO)c1cccc(F)c1. The van der Waals surface area contributed by atoms with Gasteiger partial charge in [-0.1, -0.05) is 12.1 Å². The minimum absolute atomic E-state index is 0.125. The summed E-state index contributed by atoms with van der Waals surface area (Å²) in [7, 11) is 0. The number of nitrogens with two attached hydrogens (primary N) is 1. The molecule has 19 heavy (non-hydrogen) atoms. The number of halogens is 1. The van der Waals surface area contributed by atoms with Crippen LogP contribution in [0.2, 0.25) is 0 Å². The smallest absolute Gasteiger partial charge is 0.123 e. The number of aliphatic hydroxyl groups is 1. The van der Waals surface area contributed by atoms with Crippen LogP contribution in [0.1, 0.15) is 32.8 Å². The first-order valence-corrected chi connectivity index (χ1v) is 6.54. The van der Waals surface area contributed by atoms with Crippen LogP contribution in [0.4, 0.5) is 4.39 Å². The van der Waals surface area contributed by atoms with Crippen LogP contribution in [-0.4, -0.2) is 30.5 Å². The summed E-state index contributed by atoms with van der Waals surface area (Å²) in [6, 6.07) is 6.24. The van der Waals surface area contributed by atoms with E-state index >= 15 is 0 Å². The van der Waals surface area contributed by atoms with E-state index in [0.717, 1.165) is 5.56 Å². The summed E-state index contributed by atoms with van der Waals surface area (Å²) in [5, 5.41) is 9.69. The lowest BCUT2D eigenvalue weighted by molar-refractivity contribution is -0.0153. The van der Waals surface area contributed by atoms with Crippen molar-refractivity contribution in [1.29, 1.82) is 0 Å². The Kier molecular flexibility index (Phi) is 5.47. The van der Waals surface area contributed by atoms with Gasteiger partial charge in [-0.3, -0.25) is 0 Å². The molecule has 0 aliphatic heterocycles. The molecule has 3 nitrogen and oxygen atoms in total. The van der Waals surface area contributed by atoms with Crippen molar-refractivity contribution in [2.24, 2.45) is 5.73 Å². The number of ether oxygens (including phenoxy) is 1. The topological polar surface area (TPSA) is 55.5 Å². The summed E-state index contributed by atoms with van der Waals surface area (Å²) in [4.78, 5) is 0. The molecule has 0 spiro atoms. The summed E-state index contributed by atoms with van der Waals surface area (Å²) in [6.45, 7) is 6.51. The van der Waals surface area contributed by atoms with Crippen molar-refractivity contribution < 1.29 is 14.2 Å². The molecule has 0 radical (unpaired) electrons. The van der Waals surface area contributed by atoms with Crippen LogP contribution in [0.15, 0.2) is 24.3 Å². The predicted octanol–water partition coefficient (Wildman–Crippen LogP) is 2.22. The zero-order valence-electron chi connectivity index (χ0n) is 11.9. The van der Waals surface area contributed by atoms with E-state index in [2.05, 4.69) is 0 Å². The molecule has 0 heterocycles. The first kappa shape index (κ1) is 16.1. The zero-order chi connectivity index (χ0) is 14.5. The Morgan fingerprint density at radius 1 is 1.32 bits per heavy atom. The molecule has 0 saturated heterocycles. The molecule has 0 aromatic heterocycles. The van der Waals surface area contributed by atoms with Crippen molar-refractivity contribution in [1.82, 2.24) is 0 Å². The maximum absolute atomic E-state index is 13.3. The number of rotatable bonds is 6. The van der Waals surface area contributed by atoms with Gasteiger partial charge in [-0.05, 0) is 44.9 Å². The Bertz CT molecular complexity index is 397. The highest BCUT2D eigenvalue weighted by Gasteiger charge is 2.31. The lowest BCUT2D eigenvalue weighted by atomic mass is 9.78. The van der Waals surface area contributed by atoms with Crippen LogP contribution < -0.4 is 5.73 Å². The van der Waals surface area contributed by atoms with Crippen LogP contribution in [0, 0.1) is 5.82 Å². The van der Waals surface area contributed by atoms with E-state index in [1.807, 2.05) is 20.8 Å². The van der Waals surface area contributed by atoms with Crippen LogP contribution in [0.5, 0.6) is 0 Å². The standard InChI is InChI=1S/C15H24FNO2/c1-14(2,3)19-8-7-15(10-17,11-18)12-5-4-6-13(16)9-12/h4-6,9,18H,7-8,10-11,17H2,1-3H3. The van der Waals surface area contributed by atoms with Gasteiger partial charge in [0.2, 0.25) is 0 Å². The van der Waals surface area contributed by atoms with E-state index in [4.69, 9.17) is 10.5 Å². The first-order valence-electron chi connectivity index (χ1n) is 6.54. The lowest BCUT2D eigenvalue weighted by Crippen LogP contribution is -2.40. The molecule has 0 aliphatic rings. The maximum atomic E-state index is 13.3. The Labute approximate surface area is 114 Å². The molecule has 0 saturated carbocycles. The molecule has 1 aromatic carbocycles. The average Bonchev–Trinajstić information content (AvgIpc) is 2.34. The summed E-state index contributed by atoms with van der Waals surface area (Å²) in [5.74, 6) is -0.319. The fraction of sp³-hybridized carbons (Fsp3) is 0.600. The highest BCUT2D eigenvalue weighted by atomic mass is 19.1. The summed E-state index contributed by atoms with van der Waals surface area (Å²) in [6.07, 6.45) is 0.556. The van der Waals surface area contributed by atoms with Gasteiger partial charge in [0.25, 0.3) is 0 Å². The van der Waals surface area contributed by atoms with Crippen molar-refractivity contribution in [3.63, 3.8) is 0 Å². The minimum atomic E-state index is -0.645. The number of benzene rings is 1. The van der Waals surface area contributed by atoms with Crippen molar-refractivity contribution in [2.45, 2.75) is 38.2 Å². The molecule has 0 fully saturated rings. The number of hydrogen-bond acceptors (Lipinski definition) is 3. The fourth-order valence-corrected chi connectivity index (χ4v) is 1.97. The molecule has 0 amide bonds. The van der Waals surface area contributed by atoms with Crippen LogP contribution in [-0.2, 0) is 10.2 Å². The first-order chi connectivity index (χ1) is 8.83. The van der Waals surface area contributed by atoms with Gasteiger partial charge in [0.1, 0.15) is 5.82 Å². The molecule has 1 atom stereocenters. The minimum Gasteiger partial charge on any atom is -0.395 e. The third-order valence-corrected chi connectivity index (χ3v) is 3.25. The molecule has 1 rings (SSSR count). The van der Waals surface area contributed by atoms with Gasteiger partial charge in [-0.2, -0.15) is 0 Å². The van der Waals surface area contributed by atoms with E-state index in [-0.39, 0.29) is 24.6 Å². The highest BCUT2D eigenvalue weighted by Crippen LogP contribution is 2.28. The number of hydrogen-bond donors (Lipinski definition) is 2. The summed E-state index contributed by atoms with van der Waals surface area (Å²) in [5.41, 5.74) is 5.65. The Balaban J connectivity index is 2.85. The van der Waals surface area contributed by atoms with Gasteiger partial charge in [0, 0.05) is 18.6 Å². The van der Waals surface area contributed by atoms with Gasteiger partial charge < -0.3 is 15.6 Å². The largest absolute Gasteiger partial charge is 0.395 e. The van der Waals surface area contributed by atoms with Gasteiger partial charge >= 0.3 is 0 Å². The van der Waals surface area contributed by atoms with E-state index in [1.165, 1.54) is 12.1 Å². The summed E-state index contributed by atoms with van der Waals surface area (Å²) < 4.78 is 19.0. The van der Waals surface area contributed by atoms with Crippen molar-refractivity contribution in [3.05, 3.63) is 35.6 Å². The second-order valence-electron chi connectivity index (χ2n) is 5.86. The maximum Gasteiger partial charge on any atom is 0.123 e. The molecule has 1 aromatic rings. The quantitative estimate of drug-likeness (QED) is 0.832. The molecular weight excluding hydrogens is 245 g/mol. The van der Waals surface area contributed by atoms with E-state index in [0.29, 0.717) is 13.0 Å². The van der Waals surface area contributed by atoms with Gasteiger partial charge in [0.15, 0.2) is 0 Å². The van der Waals surface area contributed by atoms with Crippen LogP contribution >= 0.6 is 0 Å². The molecular formula is C15H24FNO2. The third-order valence-electron chi connectivity index (χ3n) is 3.25. The average molecular weight is 269 g/mol. The Morgan fingerprint density at radius 2 is 2.00 bits per heavy atom. The Hall–Kier alpha value is -0.970. The van der Waals surface area contributed by atoms with Crippen LogP contribution in [0.25, 0.3) is 0 Å². The van der Waals surface area contributed by atoms with E-state index in [1.54, 1.807) is 12.1 Å². The zero-order valence-corrected chi connectivity index (χ0v) is 11.9. The van der Waals surface area contributed by atoms with Gasteiger partial charge in [-0.25, -0.2) is 4.39 Å². The highest BCUT2D eigenvalue weighted by molar-refractivity contribution is 5.27.